The van der Waals surface area contributed by atoms with Gasteiger partial charge in [0.1, 0.15) is 0 Å². The van der Waals surface area contributed by atoms with Gasteiger partial charge in [-0.2, -0.15) is 5.26 Å². The zero-order chi connectivity index (χ0) is 10.6. The Balaban J connectivity index is 2.44. The number of ether oxygens (including phenoxy) is 1. The molecule has 1 rings (SSSR count). The molecule has 1 unspecified atom stereocenters. The predicted octanol–water partition coefficient (Wildman–Crippen LogP) is 0.494. The lowest BCUT2D eigenvalue weighted by Crippen LogP contribution is -2.50. The second-order valence-electron chi connectivity index (χ2n) is 3.54. The van der Waals surface area contributed by atoms with E-state index in [-0.39, 0.29) is 6.10 Å². The monoisotopic (exact) mass is 213 g/mol. The molecule has 1 aliphatic rings. The lowest BCUT2D eigenvalue weighted by atomic mass is 10.3. The Bertz CT molecular complexity index is 249. The molecule has 1 fully saturated rings. The van der Waals surface area contributed by atoms with E-state index in [4.69, 9.17) is 22.2 Å². The fourth-order valence-electron chi connectivity index (χ4n) is 1.25. The van der Waals surface area contributed by atoms with Gasteiger partial charge in [-0.3, -0.25) is 0 Å². The van der Waals surface area contributed by atoms with Crippen molar-refractivity contribution < 1.29 is 4.74 Å². The van der Waals surface area contributed by atoms with Gasteiger partial charge in [0, 0.05) is 12.6 Å². The minimum absolute atomic E-state index is 0.325. The zero-order valence-corrected chi connectivity index (χ0v) is 9.30. The number of rotatable bonds is 1. The van der Waals surface area contributed by atoms with Gasteiger partial charge >= 0.3 is 0 Å². The molecule has 0 saturated carbocycles. The topological polar surface area (TPSA) is 48.3 Å². The molecule has 4 nitrogen and oxygen atoms in total. The predicted molar refractivity (Wildman–Crippen MR) is 57.8 cm³/mol. The van der Waals surface area contributed by atoms with E-state index in [1.165, 1.54) is 0 Å². The normalized spacial score (nSPS) is 21.9. The summed E-state index contributed by atoms with van der Waals surface area (Å²) in [6, 6.07) is 2.42. The van der Waals surface area contributed by atoms with E-state index in [9.17, 15) is 0 Å². The first kappa shape index (κ1) is 11.2. The number of hydrogen-bond donors (Lipinski definition) is 1. The van der Waals surface area contributed by atoms with E-state index in [1.54, 1.807) is 0 Å². The largest absolute Gasteiger partial charge is 0.360 e. The molecule has 1 atom stereocenters. The van der Waals surface area contributed by atoms with Crippen LogP contribution >= 0.6 is 12.2 Å². The molecular weight excluding hydrogens is 198 g/mol. The van der Waals surface area contributed by atoms with Crippen LogP contribution in [-0.2, 0) is 4.74 Å². The maximum Gasteiger partial charge on any atom is 0.169 e. The summed E-state index contributed by atoms with van der Waals surface area (Å²) in [6.07, 6.45) is -0.351. The van der Waals surface area contributed by atoms with E-state index >= 15 is 0 Å². The number of nitrogens with one attached hydrogen (secondary N) is 1. The molecule has 1 heterocycles. The lowest BCUT2D eigenvalue weighted by Gasteiger charge is -2.32. The highest BCUT2D eigenvalue weighted by Crippen LogP contribution is 2.04. The van der Waals surface area contributed by atoms with Crippen LogP contribution in [0, 0.1) is 11.3 Å². The molecule has 0 aromatic heterocycles. The van der Waals surface area contributed by atoms with Crippen LogP contribution in [0.2, 0.25) is 0 Å². The van der Waals surface area contributed by atoms with Gasteiger partial charge in [0.25, 0.3) is 0 Å². The van der Waals surface area contributed by atoms with E-state index in [2.05, 4.69) is 11.4 Å². The first-order valence-corrected chi connectivity index (χ1v) is 5.11. The Kier molecular flexibility index (Phi) is 4.11. The second kappa shape index (κ2) is 5.13. The van der Waals surface area contributed by atoms with Crippen LogP contribution in [0.5, 0.6) is 0 Å². The van der Waals surface area contributed by atoms with Crippen LogP contribution in [0.3, 0.4) is 0 Å². The van der Waals surface area contributed by atoms with Gasteiger partial charge in [-0.15, -0.1) is 0 Å². The molecule has 1 N–H and O–H groups in total. The Morgan fingerprint density at radius 2 is 2.43 bits per heavy atom. The van der Waals surface area contributed by atoms with E-state index in [0.29, 0.717) is 24.3 Å². The van der Waals surface area contributed by atoms with Gasteiger partial charge in [-0.25, -0.2) is 0 Å². The fraction of sp³-hybridized carbons (Fsp3) is 0.778. The summed E-state index contributed by atoms with van der Waals surface area (Å²) >= 11 is 5.20. The van der Waals surface area contributed by atoms with E-state index in [1.807, 2.05) is 18.7 Å². The van der Waals surface area contributed by atoms with Crippen molar-refractivity contribution >= 4 is 17.3 Å². The number of nitriles is 1. The highest BCUT2D eigenvalue weighted by molar-refractivity contribution is 7.80. The summed E-state index contributed by atoms with van der Waals surface area (Å²) < 4.78 is 5.22. The summed E-state index contributed by atoms with van der Waals surface area (Å²) in [5, 5.41) is 12.6. The first-order valence-electron chi connectivity index (χ1n) is 4.70. The van der Waals surface area contributed by atoms with Crippen LogP contribution in [0.1, 0.15) is 13.8 Å². The standard InChI is InChI=1S/C9H15N3OS/c1-7(2)11-9(14)12-3-4-13-8(5-10)6-12/h7-8H,3-4,6H2,1-2H3,(H,11,14). The van der Waals surface area contributed by atoms with Gasteiger partial charge in [0.05, 0.1) is 19.2 Å². The molecule has 0 aromatic carbocycles. The minimum Gasteiger partial charge on any atom is -0.360 e. The molecular formula is C9H15N3OS. The van der Waals surface area contributed by atoms with Gasteiger partial charge in [0.15, 0.2) is 11.2 Å². The van der Waals surface area contributed by atoms with Crippen molar-refractivity contribution in [3.63, 3.8) is 0 Å². The number of hydrogen-bond acceptors (Lipinski definition) is 3. The molecule has 0 bridgehead atoms. The molecule has 5 heteroatoms. The Labute approximate surface area is 89.8 Å². The Hall–Kier alpha value is -0.860. The van der Waals surface area contributed by atoms with Gasteiger partial charge in [0.2, 0.25) is 0 Å². The first-order chi connectivity index (χ1) is 6.63. The summed E-state index contributed by atoms with van der Waals surface area (Å²) in [6.45, 7) is 5.97. The fourth-order valence-corrected chi connectivity index (χ4v) is 1.65. The third-order valence-electron chi connectivity index (χ3n) is 1.91. The summed E-state index contributed by atoms with van der Waals surface area (Å²) in [7, 11) is 0. The maximum absolute atomic E-state index is 8.71. The number of morpholine rings is 1. The van der Waals surface area contributed by atoms with Crippen LogP contribution < -0.4 is 5.32 Å². The molecule has 0 aromatic rings. The van der Waals surface area contributed by atoms with Gasteiger partial charge in [-0.05, 0) is 26.1 Å². The molecule has 0 aliphatic carbocycles. The van der Waals surface area contributed by atoms with Crippen molar-refractivity contribution in [2.75, 3.05) is 19.7 Å². The SMILES string of the molecule is CC(C)NC(=S)N1CCOC(C#N)C1. The molecule has 0 spiro atoms. The van der Waals surface area contributed by atoms with Crippen molar-refractivity contribution in [3.8, 4) is 6.07 Å². The van der Waals surface area contributed by atoms with Crippen LogP contribution in [0.15, 0.2) is 0 Å². The molecule has 1 aliphatic heterocycles. The number of nitrogens with zero attached hydrogens (tertiary/aromatic N) is 2. The average molecular weight is 213 g/mol. The maximum atomic E-state index is 8.71. The molecule has 14 heavy (non-hydrogen) atoms. The molecule has 1 saturated heterocycles. The minimum atomic E-state index is -0.351. The smallest absolute Gasteiger partial charge is 0.169 e. The lowest BCUT2D eigenvalue weighted by molar-refractivity contribution is 0.0261. The summed E-state index contributed by atoms with van der Waals surface area (Å²) in [5.74, 6) is 0. The Morgan fingerprint density at radius 3 is 3.00 bits per heavy atom. The highest BCUT2D eigenvalue weighted by Gasteiger charge is 2.21. The van der Waals surface area contributed by atoms with Crippen molar-refractivity contribution in [1.29, 1.82) is 5.26 Å². The van der Waals surface area contributed by atoms with Crippen molar-refractivity contribution in [2.24, 2.45) is 0 Å². The molecule has 78 valence electrons. The third kappa shape index (κ3) is 3.13. The quantitative estimate of drug-likeness (QED) is 0.643. The highest BCUT2D eigenvalue weighted by atomic mass is 32.1. The number of thiocarbonyl (C=S) groups is 1. The summed E-state index contributed by atoms with van der Waals surface area (Å²) in [4.78, 5) is 1.98. The van der Waals surface area contributed by atoms with Crippen LogP contribution in [0.4, 0.5) is 0 Å². The van der Waals surface area contributed by atoms with Gasteiger partial charge in [-0.1, -0.05) is 0 Å². The zero-order valence-electron chi connectivity index (χ0n) is 8.49. The molecule has 0 radical (unpaired) electrons. The summed E-state index contributed by atoms with van der Waals surface area (Å²) in [5.41, 5.74) is 0. The van der Waals surface area contributed by atoms with Crippen molar-refractivity contribution in [2.45, 2.75) is 26.0 Å². The van der Waals surface area contributed by atoms with Crippen molar-refractivity contribution in [3.05, 3.63) is 0 Å². The van der Waals surface area contributed by atoms with Crippen molar-refractivity contribution in [1.82, 2.24) is 10.2 Å². The average Bonchev–Trinajstić information content (AvgIpc) is 2.17. The van der Waals surface area contributed by atoms with Crippen LogP contribution in [-0.4, -0.2) is 41.9 Å². The second-order valence-corrected chi connectivity index (χ2v) is 3.93. The van der Waals surface area contributed by atoms with Crippen LogP contribution in [0.25, 0.3) is 0 Å². The van der Waals surface area contributed by atoms with E-state index < -0.39 is 0 Å². The molecule has 0 amide bonds. The third-order valence-corrected chi connectivity index (χ3v) is 2.29. The van der Waals surface area contributed by atoms with Gasteiger partial charge < -0.3 is 15.0 Å². The Morgan fingerprint density at radius 1 is 1.71 bits per heavy atom. The van der Waals surface area contributed by atoms with E-state index in [0.717, 1.165) is 6.54 Å².